The zero-order valence-electron chi connectivity index (χ0n) is 13.0. The van der Waals surface area contributed by atoms with E-state index in [1.807, 2.05) is 34.6 Å². The highest BCUT2D eigenvalue weighted by Crippen LogP contribution is 2.26. The summed E-state index contributed by atoms with van der Waals surface area (Å²) in [5.74, 6) is 1.83. The van der Waals surface area contributed by atoms with E-state index in [2.05, 4.69) is 9.97 Å². The van der Waals surface area contributed by atoms with Gasteiger partial charge in [-0.3, -0.25) is 9.59 Å². The number of carbonyl (C=O) groups excluding carboxylic acids is 1. The van der Waals surface area contributed by atoms with E-state index < -0.39 is 0 Å². The molecule has 2 aromatic heterocycles. The van der Waals surface area contributed by atoms with Gasteiger partial charge < -0.3 is 4.98 Å². The van der Waals surface area contributed by atoms with Crippen molar-refractivity contribution in [2.24, 2.45) is 5.41 Å². The number of fused-ring (bicyclic) bond motifs is 1. The van der Waals surface area contributed by atoms with Gasteiger partial charge in [0.05, 0.1) is 16.9 Å². The van der Waals surface area contributed by atoms with Crippen LogP contribution in [0.3, 0.4) is 0 Å². The number of rotatable bonds is 4. The number of H-pyrrole nitrogens is 1. The van der Waals surface area contributed by atoms with Crippen LogP contribution in [0.5, 0.6) is 0 Å². The Kier molecular flexibility index (Phi) is 4.58. The number of thiophene rings is 1. The molecule has 0 radical (unpaired) electrons. The molecular formula is C15H20N2O2S2. The van der Waals surface area contributed by atoms with Crippen molar-refractivity contribution in [3.63, 3.8) is 0 Å². The van der Waals surface area contributed by atoms with Gasteiger partial charge in [0, 0.05) is 10.3 Å². The number of hydrogen-bond acceptors (Lipinski definition) is 5. The lowest BCUT2D eigenvalue weighted by atomic mass is 9.92. The number of carbonyl (C=O) groups is 1. The molecule has 0 aromatic carbocycles. The monoisotopic (exact) mass is 324 g/mol. The Morgan fingerprint density at radius 3 is 2.62 bits per heavy atom. The smallest absolute Gasteiger partial charge is 0.259 e. The predicted octanol–water partition coefficient (Wildman–Crippen LogP) is 3.45. The van der Waals surface area contributed by atoms with Gasteiger partial charge in [-0.05, 0) is 19.4 Å². The van der Waals surface area contributed by atoms with Crippen LogP contribution in [0, 0.1) is 19.3 Å². The number of aromatic nitrogens is 2. The van der Waals surface area contributed by atoms with Gasteiger partial charge in [0.2, 0.25) is 0 Å². The summed E-state index contributed by atoms with van der Waals surface area (Å²) in [5, 5.41) is 0.692. The minimum absolute atomic E-state index is 0.0837. The van der Waals surface area contributed by atoms with E-state index in [0.29, 0.717) is 22.7 Å². The van der Waals surface area contributed by atoms with Crippen LogP contribution in [0.4, 0.5) is 0 Å². The normalized spacial score (nSPS) is 12.0. The molecular weight excluding hydrogens is 304 g/mol. The Morgan fingerprint density at radius 2 is 2.00 bits per heavy atom. The maximum Gasteiger partial charge on any atom is 0.259 e. The fourth-order valence-electron chi connectivity index (χ4n) is 1.82. The van der Waals surface area contributed by atoms with E-state index in [0.717, 1.165) is 15.3 Å². The van der Waals surface area contributed by atoms with Gasteiger partial charge in [-0.25, -0.2) is 4.98 Å². The van der Waals surface area contributed by atoms with E-state index in [4.69, 9.17) is 0 Å². The number of hydrogen-bond donors (Lipinski definition) is 1. The molecule has 1 N–H and O–H groups in total. The number of aromatic amines is 1. The maximum atomic E-state index is 12.1. The van der Waals surface area contributed by atoms with Crippen LogP contribution < -0.4 is 5.56 Å². The van der Waals surface area contributed by atoms with Crippen molar-refractivity contribution in [1.82, 2.24) is 9.97 Å². The molecule has 0 bridgehead atoms. The summed E-state index contributed by atoms with van der Waals surface area (Å²) in [7, 11) is 0. The van der Waals surface area contributed by atoms with Crippen LogP contribution in [0.15, 0.2) is 4.79 Å². The van der Waals surface area contributed by atoms with Crippen molar-refractivity contribution >= 4 is 39.1 Å². The molecule has 0 amide bonds. The fraction of sp³-hybridized carbons (Fsp3) is 0.533. The fourth-order valence-corrected chi connectivity index (χ4v) is 3.92. The van der Waals surface area contributed by atoms with E-state index in [1.165, 1.54) is 11.8 Å². The third-order valence-electron chi connectivity index (χ3n) is 3.40. The zero-order valence-corrected chi connectivity index (χ0v) is 14.6. The van der Waals surface area contributed by atoms with E-state index >= 15 is 0 Å². The second kappa shape index (κ2) is 5.93. The molecule has 6 heteroatoms. The molecule has 0 saturated carbocycles. The minimum atomic E-state index is -0.320. The van der Waals surface area contributed by atoms with Crippen molar-refractivity contribution in [2.45, 2.75) is 40.4 Å². The summed E-state index contributed by atoms with van der Waals surface area (Å²) in [6, 6.07) is 0. The van der Waals surface area contributed by atoms with Gasteiger partial charge in [0.1, 0.15) is 16.4 Å². The SMILES string of the molecule is Cc1sc2nc(CSCC(=O)C(C)(C)C)[nH]c(=O)c2c1C. The van der Waals surface area contributed by atoms with Crippen LogP contribution in [0.25, 0.3) is 10.2 Å². The molecule has 2 aromatic rings. The Morgan fingerprint density at radius 1 is 1.33 bits per heavy atom. The second-order valence-corrected chi connectivity index (χ2v) is 8.33. The highest BCUT2D eigenvalue weighted by molar-refractivity contribution is 7.99. The molecule has 0 unspecified atom stereocenters. The topological polar surface area (TPSA) is 62.8 Å². The quantitative estimate of drug-likeness (QED) is 0.935. The van der Waals surface area contributed by atoms with Gasteiger partial charge in [0.25, 0.3) is 5.56 Å². The highest BCUT2D eigenvalue weighted by Gasteiger charge is 2.20. The number of thioether (sulfide) groups is 1. The van der Waals surface area contributed by atoms with Crippen LogP contribution >= 0.6 is 23.1 Å². The van der Waals surface area contributed by atoms with E-state index in [9.17, 15) is 9.59 Å². The van der Waals surface area contributed by atoms with Crippen molar-refractivity contribution < 1.29 is 4.79 Å². The minimum Gasteiger partial charge on any atom is -0.309 e. The molecule has 2 heterocycles. The largest absolute Gasteiger partial charge is 0.309 e. The molecule has 2 rings (SSSR count). The predicted molar refractivity (Wildman–Crippen MR) is 90.3 cm³/mol. The maximum absolute atomic E-state index is 12.1. The summed E-state index contributed by atoms with van der Waals surface area (Å²) in [6.45, 7) is 9.69. The molecule has 0 saturated heterocycles. The Labute approximate surface area is 132 Å². The van der Waals surface area contributed by atoms with Crippen molar-refractivity contribution in [1.29, 1.82) is 0 Å². The number of nitrogens with one attached hydrogen (secondary N) is 1. The van der Waals surface area contributed by atoms with E-state index in [-0.39, 0.29) is 16.8 Å². The standard InChI is InChI=1S/C15H20N2O2S2/c1-8-9(2)21-14-12(8)13(19)16-11(17-14)7-20-6-10(18)15(3,4)5/h6-7H2,1-5H3,(H,16,17,19). The van der Waals surface area contributed by atoms with Crippen LogP contribution in [0.1, 0.15) is 37.0 Å². The number of Topliss-reactive ketones (excluding diaryl/α,β-unsaturated/α-hetero) is 1. The molecule has 0 fully saturated rings. The molecule has 0 aliphatic rings. The molecule has 114 valence electrons. The van der Waals surface area contributed by atoms with Gasteiger partial charge in [-0.1, -0.05) is 20.8 Å². The first-order valence-corrected chi connectivity index (χ1v) is 8.77. The Bertz CT molecular complexity index is 738. The van der Waals surface area contributed by atoms with Gasteiger partial charge >= 0.3 is 0 Å². The lowest BCUT2D eigenvalue weighted by Crippen LogP contribution is -2.22. The Balaban J connectivity index is 2.14. The third-order valence-corrected chi connectivity index (χ3v) is 5.44. The summed E-state index contributed by atoms with van der Waals surface area (Å²) in [6.07, 6.45) is 0. The lowest BCUT2D eigenvalue weighted by Gasteiger charge is -2.15. The van der Waals surface area contributed by atoms with Gasteiger partial charge in [-0.2, -0.15) is 0 Å². The first kappa shape index (κ1) is 16.2. The number of nitrogens with zero attached hydrogens (tertiary/aromatic N) is 1. The molecule has 0 aliphatic heterocycles. The first-order valence-electron chi connectivity index (χ1n) is 6.80. The van der Waals surface area contributed by atoms with Gasteiger partial charge in [-0.15, -0.1) is 23.1 Å². The number of ketones is 1. The first-order chi connectivity index (χ1) is 9.70. The summed E-state index contributed by atoms with van der Waals surface area (Å²) < 4.78 is 0. The second-order valence-electron chi connectivity index (χ2n) is 6.14. The third kappa shape index (κ3) is 3.55. The number of aryl methyl sites for hydroxylation is 2. The van der Waals surface area contributed by atoms with Crippen molar-refractivity contribution in [3.05, 3.63) is 26.6 Å². The van der Waals surface area contributed by atoms with Crippen molar-refractivity contribution in [3.8, 4) is 0 Å². The summed E-state index contributed by atoms with van der Waals surface area (Å²) in [4.78, 5) is 33.2. The Hall–Kier alpha value is -1.14. The average molecular weight is 324 g/mol. The lowest BCUT2D eigenvalue weighted by molar-refractivity contribution is -0.123. The molecule has 4 nitrogen and oxygen atoms in total. The van der Waals surface area contributed by atoms with Crippen LogP contribution in [-0.4, -0.2) is 21.5 Å². The zero-order chi connectivity index (χ0) is 15.8. The van der Waals surface area contributed by atoms with Crippen LogP contribution in [-0.2, 0) is 10.5 Å². The summed E-state index contributed by atoms with van der Waals surface area (Å²) in [5.41, 5.74) is 0.602. The highest BCUT2D eigenvalue weighted by atomic mass is 32.2. The molecule has 0 atom stereocenters. The molecule has 0 spiro atoms. The van der Waals surface area contributed by atoms with E-state index in [1.54, 1.807) is 11.3 Å². The molecule has 21 heavy (non-hydrogen) atoms. The molecule has 0 aliphatic carbocycles. The van der Waals surface area contributed by atoms with Gasteiger partial charge in [0.15, 0.2) is 0 Å². The van der Waals surface area contributed by atoms with Crippen molar-refractivity contribution in [2.75, 3.05) is 5.75 Å². The average Bonchev–Trinajstić information content (AvgIpc) is 2.64. The summed E-state index contributed by atoms with van der Waals surface area (Å²) >= 11 is 3.04. The van der Waals surface area contributed by atoms with Crippen LogP contribution in [0.2, 0.25) is 0 Å².